The molecular weight excluding hydrogens is 206 g/mol. The van der Waals surface area contributed by atoms with Crippen LogP contribution in [-0.2, 0) is 0 Å². The zero-order valence-corrected chi connectivity index (χ0v) is 9.60. The van der Waals surface area contributed by atoms with Crippen molar-refractivity contribution in [1.29, 1.82) is 0 Å². The van der Waals surface area contributed by atoms with Crippen LogP contribution in [0.4, 0.5) is 5.82 Å². The van der Waals surface area contributed by atoms with E-state index in [1.54, 1.807) is 0 Å². The Bertz CT molecular complexity index is 421. The van der Waals surface area contributed by atoms with Crippen molar-refractivity contribution < 1.29 is 5.11 Å². The number of nitrogens with one attached hydrogen (secondary N) is 1. The number of aliphatic hydroxyl groups is 1. The van der Waals surface area contributed by atoms with Crippen molar-refractivity contribution in [1.82, 2.24) is 9.97 Å². The van der Waals surface area contributed by atoms with Crippen LogP contribution in [0.2, 0.25) is 0 Å². The van der Waals surface area contributed by atoms with Gasteiger partial charge in [0.25, 0.3) is 5.56 Å². The van der Waals surface area contributed by atoms with Gasteiger partial charge < -0.3 is 15.0 Å². The Labute approximate surface area is 94.1 Å². The van der Waals surface area contributed by atoms with Gasteiger partial charge in [-0.25, -0.2) is 4.98 Å². The average molecular weight is 223 g/mol. The first-order valence-corrected chi connectivity index (χ1v) is 5.57. The molecule has 1 aromatic rings. The largest absolute Gasteiger partial charge is 0.396 e. The van der Waals surface area contributed by atoms with E-state index in [1.165, 1.54) is 6.07 Å². The predicted octanol–water partition coefficient (Wildman–Crippen LogP) is 0.322. The zero-order valence-electron chi connectivity index (χ0n) is 9.60. The molecule has 1 aliphatic heterocycles. The van der Waals surface area contributed by atoms with Crippen molar-refractivity contribution in [3.05, 3.63) is 22.2 Å². The number of H-pyrrole nitrogens is 1. The molecule has 0 radical (unpaired) electrons. The Morgan fingerprint density at radius 3 is 2.88 bits per heavy atom. The standard InChI is InChI=1S/C11H17N3O2/c1-7(2)11-12-9(3-10(16)13-11)14-4-8(5-14)6-15/h3,7-8,15H,4-6H2,1-2H3,(H,12,13,16). The second kappa shape index (κ2) is 4.25. The molecule has 1 aromatic heterocycles. The Balaban J connectivity index is 2.19. The topological polar surface area (TPSA) is 69.2 Å². The fourth-order valence-electron chi connectivity index (χ4n) is 1.77. The van der Waals surface area contributed by atoms with Crippen LogP contribution in [-0.4, -0.2) is 34.8 Å². The molecule has 0 bridgehead atoms. The van der Waals surface area contributed by atoms with E-state index in [4.69, 9.17) is 5.11 Å². The summed E-state index contributed by atoms with van der Waals surface area (Å²) in [5, 5.41) is 8.93. The number of aromatic amines is 1. The van der Waals surface area contributed by atoms with Gasteiger partial charge in [0, 0.05) is 37.6 Å². The number of rotatable bonds is 3. The summed E-state index contributed by atoms with van der Waals surface area (Å²) in [6.45, 7) is 5.76. The highest BCUT2D eigenvalue weighted by Crippen LogP contribution is 2.22. The molecule has 0 unspecified atom stereocenters. The van der Waals surface area contributed by atoms with E-state index in [2.05, 4.69) is 9.97 Å². The van der Waals surface area contributed by atoms with Crippen LogP contribution >= 0.6 is 0 Å². The average Bonchev–Trinajstić information content (AvgIpc) is 2.15. The SMILES string of the molecule is CC(C)c1nc(N2CC(CO)C2)cc(=O)[nH]1. The monoisotopic (exact) mass is 223 g/mol. The smallest absolute Gasteiger partial charge is 0.252 e. The van der Waals surface area contributed by atoms with Crippen molar-refractivity contribution in [2.24, 2.45) is 5.92 Å². The minimum atomic E-state index is -0.110. The molecule has 0 aromatic carbocycles. The maximum Gasteiger partial charge on any atom is 0.252 e. The summed E-state index contributed by atoms with van der Waals surface area (Å²) in [6, 6.07) is 1.51. The first-order valence-electron chi connectivity index (χ1n) is 5.57. The van der Waals surface area contributed by atoms with Gasteiger partial charge >= 0.3 is 0 Å². The summed E-state index contributed by atoms with van der Waals surface area (Å²) in [7, 11) is 0. The molecule has 88 valence electrons. The van der Waals surface area contributed by atoms with Crippen LogP contribution in [0.3, 0.4) is 0 Å². The summed E-state index contributed by atoms with van der Waals surface area (Å²) in [6.07, 6.45) is 0. The van der Waals surface area contributed by atoms with E-state index >= 15 is 0 Å². The van der Waals surface area contributed by atoms with Gasteiger partial charge in [-0.2, -0.15) is 0 Å². The number of anilines is 1. The first kappa shape index (κ1) is 11.1. The highest BCUT2D eigenvalue weighted by molar-refractivity contribution is 5.41. The maximum atomic E-state index is 11.4. The van der Waals surface area contributed by atoms with E-state index in [0.29, 0.717) is 5.92 Å². The summed E-state index contributed by atoms with van der Waals surface area (Å²) in [4.78, 5) is 20.6. The molecule has 0 saturated carbocycles. The molecule has 2 heterocycles. The van der Waals surface area contributed by atoms with Gasteiger partial charge in [0.1, 0.15) is 11.6 Å². The van der Waals surface area contributed by atoms with E-state index in [9.17, 15) is 4.79 Å². The molecule has 0 amide bonds. The molecule has 0 atom stereocenters. The van der Waals surface area contributed by atoms with Crippen LogP contribution in [0.15, 0.2) is 10.9 Å². The molecule has 1 fully saturated rings. The summed E-state index contributed by atoms with van der Waals surface area (Å²) >= 11 is 0. The van der Waals surface area contributed by atoms with Gasteiger partial charge in [0.05, 0.1) is 0 Å². The van der Waals surface area contributed by atoms with Gasteiger partial charge in [0.15, 0.2) is 0 Å². The normalized spacial score (nSPS) is 16.6. The number of nitrogens with zero attached hydrogens (tertiary/aromatic N) is 2. The lowest BCUT2D eigenvalue weighted by Crippen LogP contribution is -2.49. The number of aliphatic hydroxyl groups excluding tert-OH is 1. The Morgan fingerprint density at radius 2 is 2.31 bits per heavy atom. The molecule has 0 aliphatic carbocycles. The molecule has 1 aliphatic rings. The van der Waals surface area contributed by atoms with E-state index in [0.717, 1.165) is 24.7 Å². The van der Waals surface area contributed by atoms with Gasteiger partial charge in [-0.1, -0.05) is 13.8 Å². The quantitative estimate of drug-likeness (QED) is 0.774. The summed E-state index contributed by atoms with van der Waals surface area (Å²) < 4.78 is 0. The van der Waals surface area contributed by atoms with Crippen LogP contribution in [0.1, 0.15) is 25.6 Å². The minimum Gasteiger partial charge on any atom is -0.396 e. The van der Waals surface area contributed by atoms with Crippen molar-refractivity contribution in [2.45, 2.75) is 19.8 Å². The van der Waals surface area contributed by atoms with Crippen molar-refractivity contribution >= 4 is 5.82 Å². The lowest BCUT2D eigenvalue weighted by atomic mass is 10.0. The Hall–Kier alpha value is -1.36. The first-order chi connectivity index (χ1) is 7.60. The minimum absolute atomic E-state index is 0.110. The van der Waals surface area contributed by atoms with Gasteiger partial charge in [-0.15, -0.1) is 0 Å². The predicted molar refractivity (Wildman–Crippen MR) is 61.7 cm³/mol. The third kappa shape index (κ3) is 2.09. The molecule has 16 heavy (non-hydrogen) atoms. The van der Waals surface area contributed by atoms with E-state index in [-0.39, 0.29) is 18.1 Å². The second-order valence-corrected chi connectivity index (χ2v) is 4.60. The van der Waals surface area contributed by atoms with Crippen LogP contribution in [0.25, 0.3) is 0 Å². The van der Waals surface area contributed by atoms with Crippen LogP contribution in [0.5, 0.6) is 0 Å². The Kier molecular flexibility index (Phi) is 2.96. The zero-order chi connectivity index (χ0) is 11.7. The third-order valence-electron chi connectivity index (χ3n) is 2.83. The van der Waals surface area contributed by atoms with Crippen LogP contribution < -0.4 is 10.5 Å². The molecule has 5 nitrogen and oxygen atoms in total. The van der Waals surface area contributed by atoms with Crippen molar-refractivity contribution in [3.8, 4) is 0 Å². The lowest BCUT2D eigenvalue weighted by Gasteiger charge is -2.39. The maximum absolute atomic E-state index is 11.4. The van der Waals surface area contributed by atoms with E-state index < -0.39 is 0 Å². The fourth-order valence-corrected chi connectivity index (χ4v) is 1.77. The molecule has 5 heteroatoms. The highest BCUT2D eigenvalue weighted by atomic mass is 16.3. The molecular formula is C11H17N3O2. The molecule has 1 saturated heterocycles. The second-order valence-electron chi connectivity index (χ2n) is 4.60. The fraction of sp³-hybridized carbons (Fsp3) is 0.636. The van der Waals surface area contributed by atoms with Crippen molar-refractivity contribution in [3.63, 3.8) is 0 Å². The number of hydrogen-bond donors (Lipinski definition) is 2. The van der Waals surface area contributed by atoms with Crippen LogP contribution in [0, 0.1) is 5.92 Å². The summed E-state index contributed by atoms with van der Waals surface area (Å²) in [5.41, 5.74) is -0.110. The molecule has 2 N–H and O–H groups in total. The third-order valence-corrected chi connectivity index (χ3v) is 2.83. The molecule has 2 rings (SSSR count). The van der Waals surface area contributed by atoms with Gasteiger partial charge in [0.2, 0.25) is 0 Å². The van der Waals surface area contributed by atoms with E-state index in [1.807, 2.05) is 18.7 Å². The number of hydrogen-bond acceptors (Lipinski definition) is 4. The highest BCUT2D eigenvalue weighted by Gasteiger charge is 2.27. The summed E-state index contributed by atoms with van der Waals surface area (Å²) in [5.74, 6) is 1.97. The van der Waals surface area contributed by atoms with Gasteiger partial charge in [-0.05, 0) is 0 Å². The van der Waals surface area contributed by atoms with Gasteiger partial charge in [-0.3, -0.25) is 4.79 Å². The Morgan fingerprint density at radius 1 is 1.62 bits per heavy atom. The number of aromatic nitrogens is 2. The molecule has 0 spiro atoms. The van der Waals surface area contributed by atoms with Crippen molar-refractivity contribution in [2.75, 3.05) is 24.6 Å². The lowest BCUT2D eigenvalue weighted by molar-refractivity contribution is 0.200.